The largest absolute Gasteiger partial charge is 0.352 e. The Morgan fingerprint density at radius 3 is 2.50 bits per heavy atom. The number of rotatable bonds is 5. The minimum Gasteiger partial charge on any atom is -0.352 e. The van der Waals surface area contributed by atoms with Crippen LogP contribution in [0.15, 0.2) is 64.2 Å². The number of anilines is 1. The molecule has 142 valence electrons. The van der Waals surface area contributed by atoms with E-state index in [1.165, 1.54) is 11.6 Å². The minimum absolute atomic E-state index is 0.141. The molecule has 0 atom stereocenters. The lowest BCUT2D eigenvalue weighted by molar-refractivity contribution is 0.719. The molecular formula is C21H21N5O2. The zero-order valence-corrected chi connectivity index (χ0v) is 15.8. The van der Waals surface area contributed by atoms with E-state index in [-0.39, 0.29) is 17.8 Å². The maximum atomic E-state index is 12.6. The molecule has 0 bridgehead atoms. The zero-order chi connectivity index (χ0) is 19.7. The van der Waals surface area contributed by atoms with Crippen LogP contribution in [0, 0.1) is 6.92 Å². The van der Waals surface area contributed by atoms with Crippen LogP contribution in [0.5, 0.6) is 0 Å². The lowest BCUT2D eigenvalue weighted by Crippen LogP contribution is -2.24. The number of benzene rings is 2. The van der Waals surface area contributed by atoms with Gasteiger partial charge in [0.1, 0.15) is 0 Å². The Morgan fingerprint density at radius 1 is 1.04 bits per heavy atom. The van der Waals surface area contributed by atoms with Crippen LogP contribution in [-0.4, -0.2) is 19.1 Å². The maximum absolute atomic E-state index is 12.6. The minimum atomic E-state index is -0.260. The van der Waals surface area contributed by atoms with Crippen LogP contribution in [0.2, 0.25) is 0 Å². The molecule has 0 saturated heterocycles. The molecule has 0 aliphatic carbocycles. The SMILES string of the molecule is Cc1ccc(CNc2nc(Cn3c(=O)n(C)c4ccccc43)cc(=O)[nH]2)cc1. The summed E-state index contributed by atoms with van der Waals surface area (Å²) in [5, 5.41) is 3.15. The maximum Gasteiger partial charge on any atom is 0.329 e. The van der Waals surface area contributed by atoms with Gasteiger partial charge in [-0.15, -0.1) is 0 Å². The Kier molecular flexibility index (Phi) is 4.57. The Morgan fingerprint density at radius 2 is 1.75 bits per heavy atom. The highest BCUT2D eigenvalue weighted by molar-refractivity contribution is 5.75. The van der Waals surface area contributed by atoms with Crippen LogP contribution in [-0.2, 0) is 20.1 Å². The van der Waals surface area contributed by atoms with Gasteiger partial charge < -0.3 is 5.32 Å². The molecule has 4 rings (SSSR count). The van der Waals surface area contributed by atoms with E-state index in [0.29, 0.717) is 18.2 Å². The van der Waals surface area contributed by atoms with Crippen LogP contribution in [0.3, 0.4) is 0 Å². The molecule has 28 heavy (non-hydrogen) atoms. The predicted octanol–water partition coefficient (Wildman–Crippen LogP) is 2.39. The number of nitrogens with one attached hydrogen (secondary N) is 2. The fourth-order valence-electron chi connectivity index (χ4n) is 3.24. The van der Waals surface area contributed by atoms with Gasteiger partial charge in [-0.2, -0.15) is 0 Å². The second kappa shape index (κ2) is 7.19. The number of nitrogens with zero attached hydrogens (tertiary/aromatic N) is 3. The third-order valence-electron chi connectivity index (χ3n) is 4.75. The monoisotopic (exact) mass is 375 g/mol. The van der Waals surface area contributed by atoms with Crippen molar-refractivity contribution in [1.29, 1.82) is 0 Å². The predicted molar refractivity (Wildman–Crippen MR) is 110 cm³/mol. The molecule has 0 spiro atoms. The molecule has 2 aromatic carbocycles. The number of aryl methyl sites for hydroxylation is 2. The molecular weight excluding hydrogens is 354 g/mol. The van der Waals surface area contributed by atoms with Crippen molar-refractivity contribution < 1.29 is 0 Å². The number of aromatic nitrogens is 4. The van der Waals surface area contributed by atoms with E-state index in [1.807, 2.05) is 55.5 Å². The molecule has 0 amide bonds. The van der Waals surface area contributed by atoms with Gasteiger partial charge in [0.05, 0.1) is 23.3 Å². The number of fused-ring (bicyclic) bond motifs is 1. The van der Waals surface area contributed by atoms with Gasteiger partial charge in [0.25, 0.3) is 5.56 Å². The van der Waals surface area contributed by atoms with Crippen molar-refractivity contribution in [3.63, 3.8) is 0 Å². The van der Waals surface area contributed by atoms with Crippen molar-refractivity contribution in [3.8, 4) is 0 Å². The summed E-state index contributed by atoms with van der Waals surface area (Å²) < 4.78 is 3.22. The van der Waals surface area contributed by atoms with Crippen molar-refractivity contribution in [2.75, 3.05) is 5.32 Å². The second-order valence-electron chi connectivity index (χ2n) is 6.84. The standard InChI is InChI=1S/C21H21N5O2/c1-14-7-9-15(10-8-14)12-22-20-23-16(11-19(27)24-20)13-26-18-6-4-3-5-17(18)25(2)21(26)28/h3-11H,12-13H2,1-2H3,(H2,22,23,24,27). The highest BCUT2D eigenvalue weighted by Crippen LogP contribution is 2.13. The molecule has 7 nitrogen and oxygen atoms in total. The molecule has 0 aliphatic heterocycles. The van der Waals surface area contributed by atoms with Gasteiger partial charge >= 0.3 is 5.69 Å². The van der Waals surface area contributed by atoms with Gasteiger partial charge in [-0.3, -0.25) is 18.9 Å². The summed E-state index contributed by atoms with van der Waals surface area (Å²) >= 11 is 0. The van der Waals surface area contributed by atoms with Crippen molar-refractivity contribution in [2.24, 2.45) is 7.05 Å². The highest BCUT2D eigenvalue weighted by Gasteiger charge is 2.12. The molecule has 0 aliphatic rings. The number of H-pyrrole nitrogens is 1. The summed E-state index contributed by atoms with van der Waals surface area (Å²) in [6, 6.07) is 17.1. The van der Waals surface area contributed by atoms with E-state index in [9.17, 15) is 9.59 Å². The van der Waals surface area contributed by atoms with Crippen molar-refractivity contribution >= 4 is 17.0 Å². The molecule has 7 heteroatoms. The number of hydrogen-bond acceptors (Lipinski definition) is 4. The quantitative estimate of drug-likeness (QED) is 0.561. The van der Waals surface area contributed by atoms with Gasteiger partial charge in [-0.1, -0.05) is 42.0 Å². The Bertz CT molecular complexity index is 1250. The summed E-state index contributed by atoms with van der Waals surface area (Å²) in [7, 11) is 1.74. The fraction of sp³-hybridized carbons (Fsp3) is 0.190. The summed E-state index contributed by atoms with van der Waals surface area (Å²) in [6.45, 7) is 2.80. The lowest BCUT2D eigenvalue weighted by Gasteiger charge is -2.08. The van der Waals surface area contributed by atoms with E-state index in [1.54, 1.807) is 16.2 Å². The smallest absolute Gasteiger partial charge is 0.329 e. The van der Waals surface area contributed by atoms with Gasteiger partial charge in [0.2, 0.25) is 5.95 Å². The molecule has 4 aromatic rings. The summed E-state index contributed by atoms with van der Waals surface area (Å²) in [5.74, 6) is 0.386. The lowest BCUT2D eigenvalue weighted by atomic mass is 10.1. The Labute approximate surface area is 161 Å². The van der Waals surface area contributed by atoms with E-state index >= 15 is 0 Å². The van der Waals surface area contributed by atoms with Crippen LogP contribution >= 0.6 is 0 Å². The van der Waals surface area contributed by atoms with E-state index in [2.05, 4.69) is 15.3 Å². The van der Waals surface area contributed by atoms with E-state index in [0.717, 1.165) is 16.6 Å². The van der Waals surface area contributed by atoms with E-state index < -0.39 is 0 Å². The van der Waals surface area contributed by atoms with Gasteiger partial charge in [-0.05, 0) is 24.6 Å². The first-order valence-electron chi connectivity index (χ1n) is 9.05. The molecule has 2 aromatic heterocycles. The number of hydrogen-bond donors (Lipinski definition) is 2. The van der Waals surface area contributed by atoms with Crippen LogP contribution < -0.4 is 16.6 Å². The first-order chi connectivity index (χ1) is 13.5. The third-order valence-corrected chi connectivity index (χ3v) is 4.75. The first kappa shape index (κ1) is 17.8. The van der Waals surface area contributed by atoms with Crippen LogP contribution in [0.25, 0.3) is 11.0 Å². The van der Waals surface area contributed by atoms with Crippen LogP contribution in [0.1, 0.15) is 16.8 Å². The fourth-order valence-corrected chi connectivity index (χ4v) is 3.24. The summed E-state index contributed by atoms with van der Waals surface area (Å²) in [5.41, 5.74) is 4.05. The van der Waals surface area contributed by atoms with Crippen molar-refractivity contribution in [3.05, 3.63) is 92.3 Å². The van der Waals surface area contributed by atoms with Gasteiger partial charge in [0, 0.05) is 19.7 Å². The summed E-state index contributed by atoms with van der Waals surface area (Å²) in [6.07, 6.45) is 0. The number of imidazole rings is 1. The molecule has 0 fully saturated rings. The topological polar surface area (TPSA) is 84.7 Å². The first-order valence-corrected chi connectivity index (χ1v) is 9.05. The second-order valence-corrected chi connectivity index (χ2v) is 6.84. The Hall–Kier alpha value is -3.61. The molecule has 0 saturated carbocycles. The summed E-state index contributed by atoms with van der Waals surface area (Å²) in [4.78, 5) is 31.9. The molecule has 0 radical (unpaired) electrons. The average molecular weight is 375 g/mol. The Balaban J connectivity index is 1.61. The highest BCUT2D eigenvalue weighted by atomic mass is 16.1. The van der Waals surface area contributed by atoms with Gasteiger partial charge in [-0.25, -0.2) is 9.78 Å². The molecule has 0 unspecified atom stereocenters. The average Bonchev–Trinajstić information content (AvgIpc) is 2.92. The van der Waals surface area contributed by atoms with Crippen molar-refractivity contribution in [2.45, 2.75) is 20.0 Å². The normalized spacial score (nSPS) is 11.1. The van der Waals surface area contributed by atoms with Crippen molar-refractivity contribution in [1.82, 2.24) is 19.1 Å². The molecule has 2 N–H and O–H groups in total. The molecule has 2 heterocycles. The number of aromatic amines is 1. The van der Waals surface area contributed by atoms with Gasteiger partial charge in [0.15, 0.2) is 0 Å². The van der Waals surface area contributed by atoms with Crippen LogP contribution in [0.4, 0.5) is 5.95 Å². The number of para-hydroxylation sites is 2. The zero-order valence-electron chi connectivity index (χ0n) is 15.8. The third kappa shape index (κ3) is 3.46. The van der Waals surface area contributed by atoms with E-state index in [4.69, 9.17) is 0 Å².